The molecule has 20 heavy (non-hydrogen) atoms. The van der Waals surface area contributed by atoms with Gasteiger partial charge >= 0.3 is 0 Å². The van der Waals surface area contributed by atoms with Crippen LogP contribution in [0.2, 0.25) is 0 Å². The molecule has 0 N–H and O–H groups in total. The van der Waals surface area contributed by atoms with Crippen LogP contribution < -0.4 is 0 Å². The highest BCUT2D eigenvalue weighted by Gasteiger charge is 2.29. The number of aromatic nitrogens is 3. The highest BCUT2D eigenvalue weighted by molar-refractivity contribution is 7.89. The van der Waals surface area contributed by atoms with Crippen LogP contribution in [0.15, 0.2) is 35.6 Å². The molecule has 0 aliphatic rings. The minimum absolute atomic E-state index is 0.234. The average molecular weight is 294 g/mol. The van der Waals surface area contributed by atoms with Gasteiger partial charge in [0.25, 0.3) is 0 Å². The lowest BCUT2D eigenvalue weighted by Crippen LogP contribution is -2.30. The van der Waals surface area contributed by atoms with Crippen LogP contribution in [0.25, 0.3) is 0 Å². The second-order valence-corrected chi connectivity index (χ2v) is 6.67. The summed E-state index contributed by atoms with van der Waals surface area (Å²) in [4.78, 5) is 4.26. The van der Waals surface area contributed by atoms with Gasteiger partial charge in [-0.25, -0.2) is 8.42 Å². The van der Waals surface area contributed by atoms with Gasteiger partial charge in [0.1, 0.15) is 4.90 Å². The standard InChI is InChI=1S/C13H18N4O2S/c1-10(12-6-5-7-14-8-12)17(4)20(18,19)13-9-15-16(3)11(13)2/h5-10H,1-4H3/t10-/m1/s1. The summed E-state index contributed by atoms with van der Waals surface area (Å²) in [6, 6.07) is 3.36. The number of aryl methyl sites for hydroxylation is 1. The fraction of sp³-hybridized carbons (Fsp3) is 0.385. The van der Waals surface area contributed by atoms with E-state index in [1.165, 1.54) is 10.5 Å². The molecule has 0 radical (unpaired) electrons. The number of hydrogen-bond acceptors (Lipinski definition) is 4. The molecule has 0 bridgehead atoms. The van der Waals surface area contributed by atoms with Crippen molar-refractivity contribution in [3.63, 3.8) is 0 Å². The van der Waals surface area contributed by atoms with E-state index < -0.39 is 10.0 Å². The summed E-state index contributed by atoms with van der Waals surface area (Å²) in [6.45, 7) is 3.57. The Morgan fingerprint density at radius 3 is 2.55 bits per heavy atom. The highest BCUT2D eigenvalue weighted by atomic mass is 32.2. The second kappa shape index (κ2) is 5.34. The van der Waals surface area contributed by atoms with Crippen molar-refractivity contribution in [1.29, 1.82) is 0 Å². The number of nitrogens with zero attached hydrogens (tertiary/aromatic N) is 4. The molecule has 2 heterocycles. The Hall–Kier alpha value is -1.73. The van der Waals surface area contributed by atoms with Crippen LogP contribution >= 0.6 is 0 Å². The fourth-order valence-corrected chi connectivity index (χ4v) is 3.46. The molecule has 0 saturated carbocycles. The van der Waals surface area contributed by atoms with Gasteiger partial charge < -0.3 is 0 Å². The number of sulfonamides is 1. The molecule has 0 fully saturated rings. The molecular formula is C13H18N4O2S. The fourth-order valence-electron chi connectivity index (χ4n) is 1.93. The Bertz CT molecular complexity index is 694. The predicted molar refractivity (Wildman–Crippen MR) is 75.5 cm³/mol. The largest absolute Gasteiger partial charge is 0.272 e. The lowest BCUT2D eigenvalue weighted by Gasteiger charge is -2.24. The van der Waals surface area contributed by atoms with Crippen molar-refractivity contribution in [3.05, 3.63) is 42.0 Å². The van der Waals surface area contributed by atoms with Gasteiger partial charge in [-0.2, -0.15) is 9.40 Å². The van der Waals surface area contributed by atoms with Crippen LogP contribution in [0.4, 0.5) is 0 Å². The summed E-state index contributed by atoms with van der Waals surface area (Å²) in [5.41, 5.74) is 1.47. The zero-order valence-electron chi connectivity index (χ0n) is 12.0. The Labute approximate surface area is 119 Å². The van der Waals surface area contributed by atoms with Gasteiger partial charge in [0.15, 0.2) is 0 Å². The quantitative estimate of drug-likeness (QED) is 0.857. The first kappa shape index (κ1) is 14.7. The number of pyridine rings is 1. The third kappa shape index (κ3) is 2.46. The first-order chi connectivity index (χ1) is 9.35. The molecule has 0 aliphatic heterocycles. The molecule has 0 aromatic carbocycles. The van der Waals surface area contributed by atoms with E-state index in [9.17, 15) is 8.42 Å². The molecule has 0 amide bonds. The van der Waals surface area contributed by atoms with E-state index in [1.54, 1.807) is 44.2 Å². The van der Waals surface area contributed by atoms with Crippen molar-refractivity contribution in [2.75, 3.05) is 7.05 Å². The summed E-state index contributed by atoms with van der Waals surface area (Å²) >= 11 is 0. The van der Waals surface area contributed by atoms with Crippen LogP contribution in [0.1, 0.15) is 24.2 Å². The van der Waals surface area contributed by atoms with E-state index in [4.69, 9.17) is 0 Å². The molecule has 0 saturated heterocycles. The summed E-state index contributed by atoms with van der Waals surface area (Å²) in [6.07, 6.45) is 4.72. The van der Waals surface area contributed by atoms with Gasteiger partial charge in [-0.15, -0.1) is 0 Å². The predicted octanol–water partition coefficient (Wildman–Crippen LogP) is 1.51. The molecule has 6 nitrogen and oxygen atoms in total. The zero-order chi connectivity index (χ0) is 14.9. The Balaban J connectivity index is 2.37. The Morgan fingerprint density at radius 1 is 1.35 bits per heavy atom. The molecule has 2 rings (SSSR count). The third-order valence-corrected chi connectivity index (χ3v) is 5.59. The van der Waals surface area contributed by atoms with Crippen LogP contribution in [0.5, 0.6) is 0 Å². The van der Waals surface area contributed by atoms with E-state index in [0.29, 0.717) is 5.69 Å². The van der Waals surface area contributed by atoms with Crippen molar-refractivity contribution in [2.45, 2.75) is 24.8 Å². The first-order valence-electron chi connectivity index (χ1n) is 6.22. The SMILES string of the molecule is Cc1c(S(=O)(=O)N(C)[C@H](C)c2cccnc2)cnn1C. The van der Waals surface area contributed by atoms with E-state index in [2.05, 4.69) is 10.1 Å². The molecule has 2 aromatic rings. The maximum absolute atomic E-state index is 12.6. The van der Waals surface area contributed by atoms with E-state index in [0.717, 1.165) is 5.56 Å². The molecule has 2 aromatic heterocycles. The smallest absolute Gasteiger partial charge is 0.246 e. The van der Waals surface area contributed by atoms with Gasteiger partial charge in [-0.3, -0.25) is 9.67 Å². The molecular weight excluding hydrogens is 276 g/mol. The highest BCUT2D eigenvalue weighted by Crippen LogP contribution is 2.26. The van der Waals surface area contributed by atoms with Crippen molar-refractivity contribution in [3.8, 4) is 0 Å². The topological polar surface area (TPSA) is 68.1 Å². The molecule has 1 atom stereocenters. The van der Waals surface area contributed by atoms with Crippen LogP contribution in [-0.4, -0.2) is 34.5 Å². The summed E-state index contributed by atoms with van der Waals surface area (Å²) in [5, 5.41) is 4.00. The minimum Gasteiger partial charge on any atom is -0.272 e. The zero-order valence-corrected chi connectivity index (χ0v) is 12.8. The number of hydrogen-bond donors (Lipinski definition) is 0. The average Bonchev–Trinajstić information content (AvgIpc) is 2.79. The molecule has 0 spiro atoms. The van der Waals surface area contributed by atoms with Gasteiger partial charge in [-0.05, 0) is 25.5 Å². The van der Waals surface area contributed by atoms with Crippen molar-refractivity contribution < 1.29 is 8.42 Å². The maximum atomic E-state index is 12.6. The minimum atomic E-state index is -3.57. The maximum Gasteiger partial charge on any atom is 0.246 e. The van der Waals surface area contributed by atoms with E-state index >= 15 is 0 Å². The van der Waals surface area contributed by atoms with Crippen LogP contribution in [-0.2, 0) is 17.1 Å². The van der Waals surface area contributed by atoms with Gasteiger partial charge in [0.2, 0.25) is 10.0 Å². The number of rotatable bonds is 4. The normalized spacial score (nSPS) is 13.7. The second-order valence-electron chi connectivity index (χ2n) is 4.70. The van der Waals surface area contributed by atoms with Crippen LogP contribution in [0.3, 0.4) is 0 Å². The monoisotopic (exact) mass is 294 g/mol. The molecule has 108 valence electrons. The van der Waals surface area contributed by atoms with Crippen LogP contribution in [0, 0.1) is 6.92 Å². The van der Waals surface area contributed by atoms with Gasteiger partial charge in [-0.1, -0.05) is 6.07 Å². The summed E-state index contributed by atoms with van der Waals surface area (Å²) < 4.78 is 28.2. The molecule has 0 aliphatic carbocycles. The third-order valence-electron chi connectivity index (χ3n) is 3.56. The Morgan fingerprint density at radius 2 is 2.05 bits per heavy atom. The van der Waals surface area contributed by atoms with E-state index in [-0.39, 0.29) is 10.9 Å². The first-order valence-corrected chi connectivity index (χ1v) is 7.66. The summed E-state index contributed by atoms with van der Waals surface area (Å²) in [7, 11) is -0.284. The molecule has 0 unspecified atom stereocenters. The van der Waals surface area contributed by atoms with Crippen molar-refractivity contribution >= 4 is 10.0 Å². The van der Waals surface area contributed by atoms with Gasteiger partial charge in [0.05, 0.1) is 11.9 Å². The van der Waals surface area contributed by atoms with Crippen molar-refractivity contribution in [2.24, 2.45) is 7.05 Å². The molecule has 7 heteroatoms. The summed E-state index contributed by atoms with van der Waals surface area (Å²) in [5.74, 6) is 0. The van der Waals surface area contributed by atoms with Crippen molar-refractivity contribution in [1.82, 2.24) is 19.1 Å². The Kier molecular flexibility index (Phi) is 3.92. The lowest BCUT2D eigenvalue weighted by atomic mass is 10.1. The van der Waals surface area contributed by atoms with E-state index in [1.807, 2.05) is 13.0 Å². The lowest BCUT2D eigenvalue weighted by molar-refractivity contribution is 0.397. The van der Waals surface area contributed by atoms with Gasteiger partial charge in [0, 0.05) is 32.5 Å².